The second kappa shape index (κ2) is 14.0. The van der Waals surface area contributed by atoms with Gasteiger partial charge in [-0.2, -0.15) is 5.10 Å². The van der Waals surface area contributed by atoms with Crippen LogP contribution in [0.1, 0.15) is 120 Å². The highest BCUT2D eigenvalue weighted by Crippen LogP contribution is 2.74. The number of carbonyl (C=O) groups is 1. The van der Waals surface area contributed by atoms with E-state index in [0.717, 1.165) is 62.8 Å². The topological polar surface area (TPSA) is 121 Å². The maximum Gasteiger partial charge on any atom is 0.506 e. The standard InChI is InChI=1S/C44H67N5O5/c1-11-43(12-2,45-10)25-53-35-33(49-36(47-27-48-49)30-16-21-46-22-17-30)23-44-26-52-24-40(35,7)34(44)14-13-31-32(44)15-18-42(9)37(54-38(50)51)39(6,29(5)28(3)4)19-20-41(31,42)8/h15-17,21-22,27-29,31,33-35,37,45H,11-14,18-20,23-26H2,1-10H3,(H,50,51)/t29-,31+,33-,34+,35+,37-,39-,40-,41-,42-,44+/m1/s1. The van der Waals surface area contributed by atoms with Crippen molar-refractivity contribution in [2.75, 3.05) is 26.9 Å². The Balaban J connectivity index is 1.35. The molecule has 11 atom stereocenters. The predicted molar refractivity (Wildman–Crippen MR) is 210 cm³/mol. The third-order valence-electron chi connectivity index (χ3n) is 17.2. The highest BCUT2D eigenvalue weighted by Gasteiger charge is 2.72. The Kier molecular flexibility index (Phi) is 10.2. The van der Waals surface area contributed by atoms with Gasteiger partial charge < -0.3 is 24.6 Å². The van der Waals surface area contributed by atoms with E-state index in [2.05, 4.69) is 90.4 Å². The smallest absolute Gasteiger partial charge is 0.450 e. The predicted octanol–water partition coefficient (Wildman–Crippen LogP) is 9.00. The zero-order valence-electron chi connectivity index (χ0n) is 34.7. The van der Waals surface area contributed by atoms with E-state index < -0.39 is 12.3 Å². The van der Waals surface area contributed by atoms with Gasteiger partial charge in [-0.25, -0.2) is 14.5 Å². The Hall–Kier alpha value is -2.82. The lowest BCUT2D eigenvalue weighted by Gasteiger charge is -2.71. The minimum absolute atomic E-state index is 0.0746. The summed E-state index contributed by atoms with van der Waals surface area (Å²) in [6, 6.07) is 3.95. The third-order valence-corrected chi connectivity index (χ3v) is 17.2. The molecule has 1 aliphatic heterocycles. The fourth-order valence-corrected chi connectivity index (χ4v) is 13.2. The molecule has 10 heteroatoms. The average molecular weight is 746 g/mol. The maximum absolute atomic E-state index is 12.5. The molecule has 2 bridgehead atoms. The van der Waals surface area contributed by atoms with Gasteiger partial charge in [-0.1, -0.05) is 74.0 Å². The average Bonchev–Trinajstić information content (AvgIpc) is 3.65. The highest BCUT2D eigenvalue weighted by atomic mass is 16.7. The third kappa shape index (κ3) is 5.65. The van der Waals surface area contributed by atoms with Crippen LogP contribution in [0.5, 0.6) is 0 Å². The molecule has 4 fully saturated rings. The van der Waals surface area contributed by atoms with Crippen LogP contribution in [0.25, 0.3) is 11.4 Å². The van der Waals surface area contributed by atoms with Crippen molar-refractivity contribution in [1.82, 2.24) is 25.1 Å². The van der Waals surface area contributed by atoms with Gasteiger partial charge in [-0.05, 0) is 99.6 Å². The highest BCUT2D eigenvalue weighted by molar-refractivity contribution is 5.57. The number of fused-ring (bicyclic) bond motifs is 3. The molecular formula is C44H67N5O5. The van der Waals surface area contributed by atoms with E-state index in [9.17, 15) is 9.90 Å². The van der Waals surface area contributed by atoms with Gasteiger partial charge in [0, 0.05) is 45.2 Å². The van der Waals surface area contributed by atoms with Crippen molar-refractivity contribution in [3.05, 3.63) is 42.5 Å². The molecule has 3 heterocycles. The van der Waals surface area contributed by atoms with Gasteiger partial charge in [0.1, 0.15) is 12.4 Å². The molecule has 7 rings (SSSR count). The fourth-order valence-electron chi connectivity index (χ4n) is 13.2. The molecular weight excluding hydrogens is 679 g/mol. The van der Waals surface area contributed by atoms with Crippen LogP contribution in [-0.2, 0) is 14.2 Å². The van der Waals surface area contributed by atoms with Crippen LogP contribution < -0.4 is 5.32 Å². The molecule has 2 aromatic rings. The van der Waals surface area contributed by atoms with Crippen molar-refractivity contribution in [3.8, 4) is 11.4 Å². The Morgan fingerprint density at radius 2 is 1.80 bits per heavy atom. The minimum atomic E-state index is -1.16. The summed E-state index contributed by atoms with van der Waals surface area (Å²) in [5.41, 5.74) is 1.15. The van der Waals surface area contributed by atoms with Crippen molar-refractivity contribution < 1.29 is 24.1 Å². The van der Waals surface area contributed by atoms with E-state index in [1.54, 1.807) is 6.33 Å². The molecule has 5 aliphatic rings. The molecule has 0 unspecified atom stereocenters. The van der Waals surface area contributed by atoms with E-state index in [0.29, 0.717) is 43.5 Å². The van der Waals surface area contributed by atoms with E-state index in [1.165, 1.54) is 5.57 Å². The molecule has 2 aromatic heterocycles. The van der Waals surface area contributed by atoms with Gasteiger partial charge in [-0.15, -0.1) is 0 Å². The summed E-state index contributed by atoms with van der Waals surface area (Å²) in [7, 11) is 2.05. The number of pyridine rings is 1. The number of likely N-dealkylation sites (N-methyl/N-ethyl adjacent to an activating group) is 1. The van der Waals surface area contributed by atoms with Crippen LogP contribution in [-0.4, -0.2) is 75.6 Å². The zero-order chi connectivity index (χ0) is 38.9. The summed E-state index contributed by atoms with van der Waals surface area (Å²) < 4.78 is 22.5. The van der Waals surface area contributed by atoms with Crippen LogP contribution >= 0.6 is 0 Å². The number of nitrogens with one attached hydrogen (secondary N) is 1. The lowest BCUT2D eigenvalue weighted by atomic mass is 9.35. The first-order valence-corrected chi connectivity index (χ1v) is 20.9. The Morgan fingerprint density at radius 1 is 1.07 bits per heavy atom. The normalized spacial score (nSPS) is 39.5. The first-order valence-electron chi connectivity index (χ1n) is 20.9. The van der Waals surface area contributed by atoms with Gasteiger partial charge in [0.2, 0.25) is 0 Å². The van der Waals surface area contributed by atoms with Gasteiger partial charge in [-0.3, -0.25) is 4.98 Å². The monoisotopic (exact) mass is 746 g/mol. The van der Waals surface area contributed by atoms with Crippen molar-refractivity contribution in [2.45, 2.75) is 137 Å². The number of rotatable bonds is 11. The zero-order valence-corrected chi connectivity index (χ0v) is 34.7. The van der Waals surface area contributed by atoms with Gasteiger partial charge in [0.25, 0.3) is 0 Å². The summed E-state index contributed by atoms with van der Waals surface area (Å²) >= 11 is 0. The first kappa shape index (κ1) is 39.4. The van der Waals surface area contributed by atoms with E-state index in [-0.39, 0.29) is 44.8 Å². The molecule has 0 amide bonds. The summed E-state index contributed by atoms with van der Waals surface area (Å²) in [5, 5.41) is 18.9. The van der Waals surface area contributed by atoms with Crippen molar-refractivity contribution in [3.63, 3.8) is 0 Å². The number of carboxylic acid groups (broad SMARTS) is 1. The van der Waals surface area contributed by atoms with E-state index in [4.69, 9.17) is 24.3 Å². The SMILES string of the molecule is CCC(CC)(CO[C@H]1[C@H](n2ncnc2-c2ccncc2)C[C@@]23COC[C@]1(C)[C@@H]2CC[C@H]1C3=CC[C@]2(C)[C@H](OC(=O)O)[C@@](C)([C@H](C)C(C)C)CC[C@]12C)NC. The number of hydrogen-bond acceptors (Lipinski definition) is 8. The van der Waals surface area contributed by atoms with Crippen molar-refractivity contribution >= 4 is 6.16 Å². The summed E-state index contributed by atoms with van der Waals surface area (Å²) in [6.07, 6.45) is 13.9. The van der Waals surface area contributed by atoms with Crippen LogP contribution in [0, 0.1) is 50.7 Å². The number of nitrogens with zero attached hydrogens (tertiary/aromatic N) is 4. The summed E-state index contributed by atoms with van der Waals surface area (Å²) in [5.74, 6) is 2.23. The summed E-state index contributed by atoms with van der Waals surface area (Å²) in [6.45, 7) is 22.8. The van der Waals surface area contributed by atoms with Crippen molar-refractivity contribution in [2.24, 2.45) is 50.7 Å². The molecule has 3 saturated carbocycles. The largest absolute Gasteiger partial charge is 0.506 e. The van der Waals surface area contributed by atoms with Crippen LogP contribution in [0.3, 0.4) is 0 Å². The second-order valence-corrected chi connectivity index (χ2v) is 19.3. The Morgan fingerprint density at radius 3 is 2.44 bits per heavy atom. The lowest BCUT2D eigenvalue weighted by molar-refractivity contribution is -0.256. The number of hydrogen-bond donors (Lipinski definition) is 2. The van der Waals surface area contributed by atoms with Gasteiger partial charge in [0.05, 0.1) is 32.0 Å². The first-order chi connectivity index (χ1) is 25.6. The van der Waals surface area contributed by atoms with Gasteiger partial charge >= 0.3 is 6.16 Å². The Bertz CT molecular complexity index is 1700. The van der Waals surface area contributed by atoms with E-state index in [1.807, 2.05) is 24.5 Å². The van der Waals surface area contributed by atoms with E-state index >= 15 is 0 Å². The molecule has 298 valence electrons. The van der Waals surface area contributed by atoms with Crippen molar-refractivity contribution in [1.29, 1.82) is 0 Å². The quantitative estimate of drug-likeness (QED) is 0.172. The molecule has 0 spiro atoms. The number of aromatic nitrogens is 4. The lowest BCUT2D eigenvalue weighted by Crippen LogP contribution is -2.70. The molecule has 54 heavy (non-hydrogen) atoms. The van der Waals surface area contributed by atoms with Crippen LogP contribution in [0.2, 0.25) is 0 Å². The molecule has 0 radical (unpaired) electrons. The van der Waals surface area contributed by atoms with Gasteiger partial charge in [0.15, 0.2) is 5.82 Å². The molecule has 1 saturated heterocycles. The maximum atomic E-state index is 12.5. The number of ether oxygens (including phenoxy) is 3. The van der Waals surface area contributed by atoms with Crippen LogP contribution in [0.4, 0.5) is 4.79 Å². The molecule has 10 nitrogen and oxygen atoms in total. The molecule has 4 aliphatic carbocycles. The fraction of sp³-hybridized carbons (Fsp3) is 0.773. The summed E-state index contributed by atoms with van der Waals surface area (Å²) in [4.78, 5) is 21.7. The van der Waals surface area contributed by atoms with Crippen LogP contribution in [0.15, 0.2) is 42.5 Å². The molecule has 0 aromatic carbocycles. The minimum Gasteiger partial charge on any atom is -0.450 e. The molecule has 2 N–H and O–H groups in total. The number of allylic oxidation sites excluding steroid dienone is 1. The Labute approximate surface area is 323 Å². The second-order valence-electron chi connectivity index (χ2n) is 19.3.